The standard InChI is InChI=1S/C15H21BrN2O/c16-14-10-12(18-6-8-19-9-7-18)11-15-13(14)4-2-1-3-5-17-15/h10-11,17H,1-9H2. The maximum absolute atomic E-state index is 5.43. The van der Waals surface area contributed by atoms with Gasteiger partial charge in [0.2, 0.25) is 0 Å². The monoisotopic (exact) mass is 324 g/mol. The van der Waals surface area contributed by atoms with Gasteiger partial charge in [0.05, 0.1) is 13.2 Å². The molecule has 4 heteroatoms. The SMILES string of the molecule is Brc1cc(N2CCOCC2)cc2c1CCCCCN2. The first-order valence-corrected chi connectivity index (χ1v) is 8.03. The van der Waals surface area contributed by atoms with Crippen LogP contribution in [-0.4, -0.2) is 32.8 Å². The summed E-state index contributed by atoms with van der Waals surface area (Å²) in [7, 11) is 0. The highest BCUT2D eigenvalue weighted by Crippen LogP contribution is 2.34. The molecule has 1 N–H and O–H groups in total. The third-order valence-corrected chi connectivity index (χ3v) is 4.68. The maximum Gasteiger partial charge on any atom is 0.0642 e. The molecule has 0 radical (unpaired) electrons. The first-order chi connectivity index (χ1) is 9.34. The normalized spacial score (nSPS) is 20.2. The number of hydrogen-bond donors (Lipinski definition) is 1. The first kappa shape index (κ1) is 13.3. The lowest BCUT2D eigenvalue weighted by Crippen LogP contribution is -2.36. The van der Waals surface area contributed by atoms with Crippen LogP contribution in [0.5, 0.6) is 0 Å². The van der Waals surface area contributed by atoms with Crippen molar-refractivity contribution in [1.29, 1.82) is 0 Å². The summed E-state index contributed by atoms with van der Waals surface area (Å²) in [6.45, 7) is 4.74. The van der Waals surface area contributed by atoms with Gasteiger partial charge in [-0.3, -0.25) is 0 Å². The van der Waals surface area contributed by atoms with Crippen LogP contribution < -0.4 is 10.2 Å². The van der Waals surface area contributed by atoms with E-state index in [1.165, 1.54) is 47.1 Å². The lowest BCUT2D eigenvalue weighted by Gasteiger charge is -2.30. The van der Waals surface area contributed by atoms with Crippen molar-refractivity contribution < 1.29 is 4.74 Å². The maximum atomic E-state index is 5.43. The summed E-state index contributed by atoms with van der Waals surface area (Å²) >= 11 is 3.76. The van der Waals surface area contributed by atoms with Crippen molar-refractivity contribution in [3.8, 4) is 0 Å². The molecule has 3 rings (SSSR count). The summed E-state index contributed by atoms with van der Waals surface area (Å²) in [6.07, 6.45) is 5.07. The first-order valence-electron chi connectivity index (χ1n) is 7.23. The highest BCUT2D eigenvalue weighted by molar-refractivity contribution is 9.10. The molecule has 0 bridgehead atoms. The lowest BCUT2D eigenvalue weighted by atomic mass is 10.0. The molecular weight excluding hydrogens is 304 g/mol. The van der Waals surface area contributed by atoms with E-state index in [0.29, 0.717) is 0 Å². The molecular formula is C15H21BrN2O. The topological polar surface area (TPSA) is 24.5 Å². The van der Waals surface area contributed by atoms with Crippen LogP contribution in [0.4, 0.5) is 11.4 Å². The summed E-state index contributed by atoms with van der Waals surface area (Å²) < 4.78 is 6.68. The third kappa shape index (κ3) is 3.06. The van der Waals surface area contributed by atoms with E-state index in [1.54, 1.807) is 0 Å². The van der Waals surface area contributed by atoms with Crippen molar-refractivity contribution >= 4 is 27.3 Å². The molecule has 19 heavy (non-hydrogen) atoms. The van der Waals surface area contributed by atoms with Crippen LogP contribution in [0.3, 0.4) is 0 Å². The van der Waals surface area contributed by atoms with Crippen molar-refractivity contribution in [1.82, 2.24) is 0 Å². The van der Waals surface area contributed by atoms with Crippen LogP contribution in [0.25, 0.3) is 0 Å². The molecule has 1 saturated heterocycles. The molecule has 1 aromatic carbocycles. The van der Waals surface area contributed by atoms with Crippen molar-refractivity contribution in [3.05, 3.63) is 22.2 Å². The third-order valence-electron chi connectivity index (χ3n) is 3.98. The number of halogens is 1. The smallest absolute Gasteiger partial charge is 0.0642 e. The largest absolute Gasteiger partial charge is 0.385 e. The fraction of sp³-hybridized carbons (Fsp3) is 0.600. The number of benzene rings is 1. The molecule has 3 nitrogen and oxygen atoms in total. The predicted octanol–water partition coefficient (Wildman–Crippen LogP) is 3.42. The summed E-state index contributed by atoms with van der Waals surface area (Å²) in [5.41, 5.74) is 4.06. The van der Waals surface area contributed by atoms with Gasteiger partial charge >= 0.3 is 0 Å². The van der Waals surface area contributed by atoms with Crippen LogP contribution in [0.2, 0.25) is 0 Å². The Bertz CT molecular complexity index is 444. The van der Waals surface area contributed by atoms with Crippen molar-refractivity contribution in [2.75, 3.05) is 43.1 Å². The molecule has 1 fully saturated rings. The van der Waals surface area contributed by atoms with E-state index in [4.69, 9.17) is 4.74 Å². The Hall–Kier alpha value is -0.740. The van der Waals surface area contributed by atoms with Crippen LogP contribution in [0.15, 0.2) is 16.6 Å². The highest BCUT2D eigenvalue weighted by atomic mass is 79.9. The Morgan fingerprint density at radius 2 is 1.95 bits per heavy atom. The summed E-state index contributed by atoms with van der Waals surface area (Å²) in [6, 6.07) is 4.59. The Morgan fingerprint density at radius 1 is 1.11 bits per heavy atom. The fourth-order valence-corrected chi connectivity index (χ4v) is 3.51. The highest BCUT2D eigenvalue weighted by Gasteiger charge is 2.16. The summed E-state index contributed by atoms with van der Waals surface area (Å²) in [5, 5.41) is 3.60. The fourth-order valence-electron chi connectivity index (χ4n) is 2.86. The summed E-state index contributed by atoms with van der Waals surface area (Å²) in [5.74, 6) is 0. The number of fused-ring (bicyclic) bond motifs is 1. The van der Waals surface area contributed by atoms with Gasteiger partial charge < -0.3 is 15.0 Å². The van der Waals surface area contributed by atoms with Gasteiger partial charge in [0.15, 0.2) is 0 Å². The van der Waals surface area contributed by atoms with Crippen molar-refractivity contribution in [3.63, 3.8) is 0 Å². The van der Waals surface area contributed by atoms with E-state index < -0.39 is 0 Å². The second-order valence-electron chi connectivity index (χ2n) is 5.29. The van der Waals surface area contributed by atoms with E-state index >= 15 is 0 Å². The van der Waals surface area contributed by atoms with Crippen molar-refractivity contribution in [2.24, 2.45) is 0 Å². The summed E-state index contributed by atoms with van der Waals surface area (Å²) in [4.78, 5) is 2.41. The van der Waals surface area contributed by atoms with Crippen LogP contribution in [0.1, 0.15) is 24.8 Å². The lowest BCUT2D eigenvalue weighted by molar-refractivity contribution is 0.122. The molecule has 2 heterocycles. The molecule has 0 atom stereocenters. The van der Waals surface area contributed by atoms with E-state index in [-0.39, 0.29) is 0 Å². The molecule has 1 aromatic rings. The zero-order chi connectivity index (χ0) is 13.1. The van der Waals surface area contributed by atoms with E-state index in [0.717, 1.165) is 32.8 Å². The molecule has 0 amide bonds. The van der Waals surface area contributed by atoms with Crippen molar-refractivity contribution in [2.45, 2.75) is 25.7 Å². The molecule has 2 aliphatic heterocycles. The number of anilines is 2. The van der Waals surface area contributed by atoms with Gasteiger partial charge in [-0.2, -0.15) is 0 Å². The predicted molar refractivity (Wildman–Crippen MR) is 83.2 cm³/mol. The minimum Gasteiger partial charge on any atom is -0.385 e. The van der Waals surface area contributed by atoms with Gasteiger partial charge in [-0.1, -0.05) is 22.4 Å². The van der Waals surface area contributed by atoms with Crippen LogP contribution in [-0.2, 0) is 11.2 Å². The second-order valence-corrected chi connectivity index (χ2v) is 6.14. The number of hydrogen-bond acceptors (Lipinski definition) is 3. The molecule has 0 unspecified atom stereocenters. The van der Waals surface area contributed by atoms with E-state index in [9.17, 15) is 0 Å². The number of nitrogens with zero attached hydrogens (tertiary/aromatic N) is 1. The number of ether oxygens (including phenoxy) is 1. The van der Waals surface area contributed by atoms with Gasteiger partial charge in [0.1, 0.15) is 0 Å². The molecule has 104 valence electrons. The number of rotatable bonds is 1. The van der Waals surface area contributed by atoms with Crippen LogP contribution in [0, 0.1) is 0 Å². The zero-order valence-corrected chi connectivity index (χ0v) is 12.8. The molecule has 0 spiro atoms. The molecule has 0 aromatic heterocycles. The molecule has 2 aliphatic rings. The van der Waals surface area contributed by atoms with Gasteiger partial charge in [-0.05, 0) is 37.0 Å². The van der Waals surface area contributed by atoms with Gasteiger partial charge in [-0.25, -0.2) is 0 Å². The quantitative estimate of drug-likeness (QED) is 0.856. The van der Waals surface area contributed by atoms with Gasteiger partial charge in [0, 0.05) is 35.5 Å². The zero-order valence-electron chi connectivity index (χ0n) is 11.3. The van der Waals surface area contributed by atoms with Crippen LogP contribution >= 0.6 is 15.9 Å². The van der Waals surface area contributed by atoms with Gasteiger partial charge in [-0.15, -0.1) is 0 Å². The minimum absolute atomic E-state index is 0.835. The number of morpholine rings is 1. The van der Waals surface area contributed by atoms with E-state index in [2.05, 4.69) is 38.3 Å². The molecule has 0 aliphatic carbocycles. The Labute approximate surface area is 123 Å². The molecule has 0 saturated carbocycles. The average Bonchev–Trinajstić information content (AvgIpc) is 2.41. The van der Waals surface area contributed by atoms with Gasteiger partial charge in [0.25, 0.3) is 0 Å². The number of nitrogens with one attached hydrogen (secondary N) is 1. The Morgan fingerprint density at radius 3 is 2.79 bits per heavy atom. The Balaban J connectivity index is 1.89. The average molecular weight is 325 g/mol. The van der Waals surface area contributed by atoms with E-state index in [1.807, 2.05) is 0 Å². The second kappa shape index (κ2) is 6.14. The Kier molecular flexibility index (Phi) is 4.28. The minimum atomic E-state index is 0.835.